The molecule has 2 saturated carbocycles. The largest absolute Gasteiger partial charge is 0.309 e. The van der Waals surface area contributed by atoms with Gasteiger partial charge in [-0.3, -0.25) is 0 Å². The summed E-state index contributed by atoms with van der Waals surface area (Å²) in [4.78, 5) is 3.14. The van der Waals surface area contributed by atoms with E-state index in [1.807, 2.05) is 11.3 Å². The maximum absolute atomic E-state index is 3.86. The van der Waals surface area contributed by atoms with Gasteiger partial charge >= 0.3 is 0 Å². The Morgan fingerprint density at radius 1 is 1.26 bits per heavy atom. The van der Waals surface area contributed by atoms with E-state index >= 15 is 0 Å². The van der Waals surface area contributed by atoms with Gasteiger partial charge < -0.3 is 5.32 Å². The summed E-state index contributed by atoms with van der Waals surface area (Å²) in [5.74, 6) is 2.96. The molecule has 4 unspecified atom stereocenters. The van der Waals surface area contributed by atoms with Crippen LogP contribution in [-0.4, -0.2) is 6.54 Å². The lowest BCUT2D eigenvalue weighted by Gasteiger charge is -2.30. The fraction of sp³-hybridized carbons (Fsp3) is 0.765. The number of rotatable bonds is 6. The third kappa shape index (κ3) is 2.75. The first kappa shape index (κ1) is 13.6. The number of thiophene rings is 1. The molecule has 1 aromatic heterocycles. The quantitative estimate of drug-likeness (QED) is 0.788. The highest BCUT2D eigenvalue weighted by Crippen LogP contribution is 2.53. The Morgan fingerprint density at radius 2 is 2.16 bits per heavy atom. The zero-order chi connectivity index (χ0) is 13.2. The Morgan fingerprint density at radius 3 is 2.74 bits per heavy atom. The van der Waals surface area contributed by atoms with Crippen molar-refractivity contribution in [3.63, 3.8) is 0 Å². The molecule has 0 amide bonds. The lowest BCUT2D eigenvalue weighted by atomic mass is 9.82. The maximum Gasteiger partial charge on any atom is 0.0446 e. The fourth-order valence-corrected chi connectivity index (χ4v) is 5.32. The summed E-state index contributed by atoms with van der Waals surface area (Å²) in [6, 6.07) is 5.37. The molecule has 0 saturated heterocycles. The van der Waals surface area contributed by atoms with Crippen molar-refractivity contribution >= 4 is 11.3 Å². The first-order chi connectivity index (χ1) is 9.31. The van der Waals surface area contributed by atoms with Crippen LogP contribution in [0.5, 0.6) is 0 Å². The number of fused-ring (bicyclic) bond motifs is 2. The van der Waals surface area contributed by atoms with Crippen LogP contribution in [0.4, 0.5) is 0 Å². The molecule has 0 spiro atoms. The van der Waals surface area contributed by atoms with Gasteiger partial charge in [0.05, 0.1) is 0 Å². The molecule has 0 radical (unpaired) electrons. The lowest BCUT2D eigenvalue weighted by Crippen LogP contribution is -2.31. The van der Waals surface area contributed by atoms with Crippen molar-refractivity contribution in [1.29, 1.82) is 0 Å². The van der Waals surface area contributed by atoms with Gasteiger partial charge in [0, 0.05) is 15.8 Å². The molecule has 2 aliphatic rings. The van der Waals surface area contributed by atoms with Gasteiger partial charge in [-0.2, -0.15) is 0 Å². The Bertz CT molecular complexity index is 411. The van der Waals surface area contributed by atoms with E-state index in [2.05, 4.69) is 31.3 Å². The third-order valence-electron chi connectivity index (χ3n) is 5.17. The molecule has 4 atom stereocenters. The number of nitrogens with one attached hydrogen (secondary N) is 1. The van der Waals surface area contributed by atoms with Crippen LogP contribution in [0.15, 0.2) is 12.1 Å². The minimum atomic E-state index is 0.639. The minimum absolute atomic E-state index is 0.639. The van der Waals surface area contributed by atoms with Crippen molar-refractivity contribution in [2.75, 3.05) is 6.54 Å². The molecule has 1 nitrogen and oxygen atoms in total. The van der Waals surface area contributed by atoms with Gasteiger partial charge in [0.25, 0.3) is 0 Å². The SMILES string of the molecule is CCCNC(c1ccc(CC)s1)C1CC2CCC1C2. The van der Waals surface area contributed by atoms with Crippen molar-refractivity contribution in [2.45, 2.75) is 58.4 Å². The monoisotopic (exact) mass is 277 g/mol. The molecule has 1 heterocycles. The summed E-state index contributed by atoms with van der Waals surface area (Å²) in [5.41, 5.74) is 0. The second-order valence-corrected chi connectivity index (χ2v) is 7.63. The van der Waals surface area contributed by atoms with Crippen LogP contribution in [0.25, 0.3) is 0 Å². The summed E-state index contributed by atoms with van der Waals surface area (Å²) in [7, 11) is 0. The molecular formula is C17H27NS. The summed E-state index contributed by atoms with van der Waals surface area (Å²) < 4.78 is 0. The predicted molar refractivity (Wildman–Crippen MR) is 83.7 cm³/mol. The maximum atomic E-state index is 3.86. The van der Waals surface area contributed by atoms with Gasteiger partial charge in [0.15, 0.2) is 0 Å². The number of hydrogen-bond acceptors (Lipinski definition) is 2. The Kier molecular flexibility index (Phi) is 4.28. The fourth-order valence-electron chi connectivity index (χ4n) is 4.22. The van der Waals surface area contributed by atoms with Gasteiger partial charge in [-0.1, -0.05) is 20.3 Å². The molecule has 0 aliphatic heterocycles. The third-order valence-corrected chi connectivity index (χ3v) is 6.49. The molecule has 2 heteroatoms. The second kappa shape index (κ2) is 5.97. The highest BCUT2D eigenvalue weighted by atomic mass is 32.1. The van der Waals surface area contributed by atoms with E-state index in [-0.39, 0.29) is 0 Å². The van der Waals surface area contributed by atoms with Crippen LogP contribution in [0.3, 0.4) is 0 Å². The molecule has 1 N–H and O–H groups in total. The van der Waals surface area contributed by atoms with Crippen molar-refractivity contribution in [3.8, 4) is 0 Å². The van der Waals surface area contributed by atoms with Gasteiger partial charge in [-0.25, -0.2) is 0 Å². The average Bonchev–Trinajstić information content (AvgIpc) is 3.15. The van der Waals surface area contributed by atoms with Crippen molar-refractivity contribution in [1.82, 2.24) is 5.32 Å². The number of hydrogen-bond donors (Lipinski definition) is 1. The lowest BCUT2D eigenvalue weighted by molar-refractivity contribution is 0.253. The first-order valence-electron chi connectivity index (χ1n) is 8.13. The first-order valence-corrected chi connectivity index (χ1v) is 8.95. The van der Waals surface area contributed by atoms with Gasteiger partial charge in [-0.15, -0.1) is 11.3 Å². The smallest absolute Gasteiger partial charge is 0.0446 e. The zero-order valence-electron chi connectivity index (χ0n) is 12.3. The molecule has 2 bridgehead atoms. The van der Waals surface area contributed by atoms with E-state index in [4.69, 9.17) is 0 Å². The van der Waals surface area contributed by atoms with Crippen molar-refractivity contribution in [3.05, 3.63) is 21.9 Å². The zero-order valence-corrected chi connectivity index (χ0v) is 13.1. The topological polar surface area (TPSA) is 12.0 Å². The molecule has 0 aromatic carbocycles. The van der Waals surface area contributed by atoms with E-state index in [1.165, 1.54) is 38.5 Å². The van der Waals surface area contributed by atoms with Gasteiger partial charge in [-0.05, 0) is 68.5 Å². The van der Waals surface area contributed by atoms with Crippen molar-refractivity contribution in [2.24, 2.45) is 17.8 Å². The normalized spacial score (nSPS) is 30.9. The van der Waals surface area contributed by atoms with Gasteiger partial charge in [0.2, 0.25) is 0 Å². The molecule has 19 heavy (non-hydrogen) atoms. The van der Waals surface area contributed by atoms with Crippen LogP contribution < -0.4 is 5.32 Å². The van der Waals surface area contributed by atoms with E-state index in [0.717, 1.165) is 24.3 Å². The van der Waals surface area contributed by atoms with Crippen LogP contribution >= 0.6 is 11.3 Å². The van der Waals surface area contributed by atoms with Crippen LogP contribution in [-0.2, 0) is 6.42 Å². The summed E-state index contributed by atoms with van der Waals surface area (Å²) in [5, 5.41) is 3.86. The van der Waals surface area contributed by atoms with Gasteiger partial charge in [0.1, 0.15) is 0 Å². The summed E-state index contributed by atoms with van der Waals surface area (Å²) in [6.45, 7) is 5.70. The van der Waals surface area contributed by atoms with Crippen LogP contribution in [0.2, 0.25) is 0 Å². The van der Waals surface area contributed by atoms with E-state index in [0.29, 0.717) is 6.04 Å². The predicted octanol–water partition coefficient (Wildman–Crippen LogP) is 4.79. The highest BCUT2D eigenvalue weighted by Gasteiger charge is 2.43. The molecule has 1 aromatic rings. The average molecular weight is 277 g/mol. The van der Waals surface area contributed by atoms with E-state index in [9.17, 15) is 0 Å². The Balaban J connectivity index is 1.76. The molecule has 3 rings (SSSR count). The molecule has 2 aliphatic carbocycles. The van der Waals surface area contributed by atoms with Crippen LogP contribution in [0.1, 0.15) is 61.7 Å². The molecule has 2 fully saturated rings. The summed E-state index contributed by atoms with van der Waals surface area (Å²) in [6.07, 6.45) is 8.41. The second-order valence-electron chi connectivity index (χ2n) is 6.43. The standard InChI is InChI=1S/C17H27NS/c1-3-9-18-17(16-8-7-14(4-2)19-16)15-11-12-5-6-13(15)10-12/h7-8,12-13,15,17-18H,3-6,9-11H2,1-2H3. The Hall–Kier alpha value is -0.340. The van der Waals surface area contributed by atoms with Crippen molar-refractivity contribution < 1.29 is 0 Å². The van der Waals surface area contributed by atoms with E-state index in [1.54, 1.807) is 9.75 Å². The number of aryl methyl sites for hydroxylation is 1. The summed E-state index contributed by atoms with van der Waals surface area (Å²) >= 11 is 2.04. The molecular weight excluding hydrogens is 250 g/mol. The molecule has 106 valence electrons. The van der Waals surface area contributed by atoms with Crippen LogP contribution in [0, 0.1) is 17.8 Å². The minimum Gasteiger partial charge on any atom is -0.309 e. The highest BCUT2D eigenvalue weighted by molar-refractivity contribution is 7.12. The Labute approximate surface area is 121 Å². The van der Waals surface area contributed by atoms with E-state index < -0.39 is 0 Å².